The minimum Gasteiger partial charge on any atom is -0.325 e. The van der Waals surface area contributed by atoms with Crippen molar-refractivity contribution in [2.24, 2.45) is 0 Å². The van der Waals surface area contributed by atoms with Gasteiger partial charge in [0.15, 0.2) is 29.1 Å². The Kier molecular flexibility index (Phi) is 9.01. The predicted octanol–water partition coefficient (Wildman–Crippen LogP) is 6.86. The first-order valence-electron chi connectivity index (χ1n) is 21.8. The molecule has 0 saturated heterocycles. The number of carbonyl (C=O) groups excluding carboxylic acids is 4. The van der Waals surface area contributed by atoms with Gasteiger partial charge in [0.2, 0.25) is 0 Å². The van der Waals surface area contributed by atoms with Crippen molar-refractivity contribution >= 4 is 65.9 Å². The molecular formula is C50H28N10O10S2. The third-order valence-corrected chi connectivity index (χ3v) is 14.6. The van der Waals surface area contributed by atoms with Gasteiger partial charge in [0.05, 0.1) is 45.1 Å². The van der Waals surface area contributed by atoms with E-state index in [1.165, 1.54) is 30.3 Å². The molecule has 8 bridgehead atoms. The number of nitrogens with zero attached hydrogens (tertiary/aromatic N) is 8. The molecule has 4 N–H and O–H groups in total. The quantitative estimate of drug-likeness (QED) is 0.0977. The molecule has 22 heteroatoms. The van der Waals surface area contributed by atoms with Crippen molar-refractivity contribution in [3.8, 4) is 68.3 Å². The number of aromatic amines is 2. The van der Waals surface area contributed by atoms with Crippen molar-refractivity contribution in [2.45, 2.75) is 22.9 Å². The molecular weight excluding hydrogens is 965 g/mol. The van der Waals surface area contributed by atoms with E-state index in [0.717, 1.165) is 15.9 Å². The van der Waals surface area contributed by atoms with Gasteiger partial charge in [0.1, 0.15) is 17.1 Å². The minimum absolute atomic E-state index is 0.0249. The molecule has 13 rings (SSSR count). The number of hydrogen-bond acceptors (Lipinski definition) is 14. The maximum Gasteiger partial charge on any atom is 0.294 e. The van der Waals surface area contributed by atoms with E-state index in [0.29, 0.717) is 55.4 Å². The third-order valence-electron chi connectivity index (χ3n) is 12.9. The highest BCUT2D eigenvalue weighted by Crippen LogP contribution is 2.42. The number of carbonyl (C=O) groups is 4. The lowest BCUT2D eigenvalue weighted by molar-refractivity contribution is 0.0627. The van der Waals surface area contributed by atoms with E-state index in [9.17, 15) is 45.1 Å². The van der Waals surface area contributed by atoms with Gasteiger partial charge in [0, 0.05) is 44.2 Å². The fraction of sp³-hybridized carbons (Fsp3) is 0.0400. The highest BCUT2D eigenvalue weighted by atomic mass is 32.2. The number of aromatic nitrogens is 8. The molecule has 2 aromatic heterocycles. The van der Waals surface area contributed by atoms with Crippen LogP contribution in [0.4, 0.5) is 0 Å². The van der Waals surface area contributed by atoms with E-state index in [1.54, 1.807) is 84.9 Å². The van der Waals surface area contributed by atoms with Crippen LogP contribution in [0.5, 0.6) is 0 Å². The molecule has 5 aliphatic rings. The average Bonchev–Trinajstić information content (AvgIpc) is 4.18. The molecule has 0 atom stereocenters. The van der Waals surface area contributed by atoms with Crippen LogP contribution in [0.3, 0.4) is 0 Å². The molecule has 20 nitrogen and oxygen atoms in total. The SMILES string of the molecule is O=C1c2ccccc2C(=O)N1Cc1ccc2c(c1)-c1nc-2nc2nc(nc3nc([nH]c4[nH]c(n1)c1cc(CN5C(=O)c6ccccc6C5=O)ccc41)-c1ccc(S(=O)(=O)O)cc1-3)-c1ccc(S(=O)(=O)O)cc1-2. The maximum absolute atomic E-state index is 13.5. The molecule has 7 heterocycles. The van der Waals surface area contributed by atoms with Crippen molar-refractivity contribution in [3.63, 3.8) is 0 Å². The lowest BCUT2D eigenvalue weighted by atomic mass is 10.0. The molecule has 350 valence electrons. The summed E-state index contributed by atoms with van der Waals surface area (Å²) in [6.45, 7) is -0.193. The van der Waals surface area contributed by atoms with Crippen LogP contribution in [-0.4, -0.2) is 99.2 Å². The molecule has 72 heavy (non-hydrogen) atoms. The largest absolute Gasteiger partial charge is 0.325 e. The fourth-order valence-corrected chi connectivity index (χ4v) is 10.5. The van der Waals surface area contributed by atoms with Gasteiger partial charge in [-0.1, -0.05) is 48.5 Å². The molecule has 0 unspecified atom stereocenters. The van der Waals surface area contributed by atoms with Gasteiger partial charge in [0.25, 0.3) is 43.9 Å². The van der Waals surface area contributed by atoms with Crippen molar-refractivity contribution in [2.75, 3.05) is 0 Å². The van der Waals surface area contributed by atoms with Crippen molar-refractivity contribution in [3.05, 3.63) is 155 Å². The first-order chi connectivity index (χ1) is 34.6. The summed E-state index contributed by atoms with van der Waals surface area (Å²) in [6.07, 6.45) is 0. The van der Waals surface area contributed by atoms with E-state index in [4.69, 9.17) is 29.9 Å². The number of imide groups is 2. The maximum atomic E-state index is 13.5. The number of amides is 4. The Balaban J connectivity index is 1.06. The Hall–Kier alpha value is -9.22. The minimum atomic E-state index is -4.74. The van der Waals surface area contributed by atoms with Gasteiger partial charge >= 0.3 is 0 Å². The Morgan fingerprint density at radius 2 is 0.819 bits per heavy atom. The summed E-state index contributed by atoms with van der Waals surface area (Å²) in [5.74, 6) is -1.63. The van der Waals surface area contributed by atoms with Crippen LogP contribution in [0.1, 0.15) is 52.6 Å². The Morgan fingerprint density at radius 3 is 1.35 bits per heavy atom. The highest BCUT2D eigenvalue weighted by molar-refractivity contribution is 7.86. The summed E-state index contributed by atoms with van der Waals surface area (Å²) in [6, 6.07) is 31.1. The summed E-state index contributed by atoms with van der Waals surface area (Å²) in [7, 11) is -9.46. The average molecular weight is 993 g/mol. The van der Waals surface area contributed by atoms with Gasteiger partial charge in [-0.05, 0) is 83.9 Å². The second kappa shape index (κ2) is 15.1. The normalized spacial score (nSPS) is 14.1. The molecule has 0 radical (unpaired) electrons. The van der Waals surface area contributed by atoms with E-state index >= 15 is 0 Å². The molecule has 4 amide bonds. The summed E-state index contributed by atoms with van der Waals surface area (Å²) >= 11 is 0. The van der Waals surface area contributed by atoms with Crippen molar-refractivity contribution < 1.29 is 45.1 Å². The highest BCUT2D eigenvalue weighted by Gasteiger charge is 2.37. The van der Waals surface area contributed by atoms with Crippen molar-refractivity contribution in [1.82, 2.24) is 49.7 Å². The van der Waals surface area contributed by atoms with Crippen LogP contribution in [0.2, 0.25) is 0 Å². The third kappa shape index (κ3) is 6.65. The van der Waals surface area contributed by atoms with E-state index < -0.39 is 53.7 Å². The second-order valence-electron chi connectivity index (χ2n) is 17.2. The van der Waals surface area contributed by atoms with Crippen molar-refractivity contribution in [1.29, 1.82) is 0 Å². The number of nitrogens with one attached hydrogen (secondary N) is 2. The molecule has 8 aromatic rings. The van der Waals surface area contributed by atoms with Crippen LogP contribution in [-0.2, 0) is 33.3 Å². The van der Waals surface area contributed by atoms with Gasteiger partial charge in [-0.15, -0.1) is 0 Å². The first kappa shape index (κ1) is 42.8. The molecule has 0 fully saturated rings. The van der Waals surface area contributed by atoms with E-state index in [2.05, 4.69) is 9.97 Å². The summed E-state index contributed by atoms with van der Waals surface area (Å²) in [4.78, 5) is 91.1. The number of benzene rings is 6. The fourth-order valence-electron chi connectivity index (χ4n) is 9.50. The molecule has 0 spiro atoms. The van der Waals surface area contributed by atoms with Gasteiger partial charge < -0.3 is 9.97 Å². The zero-order valence-corrected chi connectivity index (χ0v) is 38.1. The Labute approximate surface area is 405 Å². The topological polar surface area (TPSA) is 292 Å². The van der Waals surface area contributed by atoms with Gasteiger partial charge in [-0.25, -0.2) is 29.9 Å². The van der Waals surface area contributed by atoms with Crippen LogP contribution < -0.4 is 0 Å². The number of H-pyrrole nitrogens is 2. The first-order valence-corrected chi connectivity index (χ1v) is 24.7. The summed E-state index contributed by atoms with van der Waals surface area (Å²) < 4.78 is 70.0. The monoisotopic (exact) mass is 992 g/mol. The molecule has 6 aromatic carbocycles. The zero-order chi connectivity index (χ0) is 49.5. The number of rotatable bonds is 6. The van der Waals surface area contributed by atoms with Gasteiger partial charge in [-0.3, -0.25) is 38.1 Å². The Morgan fingerprint density at radius 1 is 0.403 bits per heavy atom. The van der Waals surface area contributed by atoms with Crippen LogP contribution in [0, 0.1) is 0 Å². The van der Waals surface area contributed by atoms with E-state index in [-0.39, 0.29) is 81.5 Å². The molecule has 0 saturated carbocycles. The summed E-state index contributed by atoms with van der Waals surface area (Å²) in [5.41, 5.74) is 4.61. The number of hydrogen-bond donors (Lipinski definition) is 4. The predicted molar refractivity (Wildman–Crippen MR) is 255 cm³/mol. The van der Waals surface area contributed by atoms with E-state index in [1.807, 2.05) is 0 Å². The Bertz CT molecular complexity index is 4290. The molecule has 5 aliphatic heterocycles. The summed E-state index contributed by atoms with van der Waals surface area (Å²) in [5, 5.41) is 1.05. The second-order valence-corrected chi connectivity index (χ2v) is 20.1. The standard InChI is InChI=1S/C50H28N10O10S2/c61-47-31-5-1-2-6-32(31)48(62)59(47)21-23-9-13-27-35(17-23)43-52-39(27)51-41-29-15-11-25(71(65,66)67)19-37(29)46(55-41)57-42-30-16-12-26(72(68,69)70)20-38(30)45(56-42)54-40-28-14-10-24(18-36(28)44(53-40)58-43)22-60-49(63)33-7-3-4-8-34(33)50(60)64/h1-20H,21-22H2,(H,65,66,67)(H,68,69,70)(H2,51,52,53,54,55,56,57,58). The van der Waals surface area contributed by atoms with Crippen LogP contribution >= 0.6 is 0 Å². The van der Waals surface area contributed by atoms with Crippen LogP contribution in [0.15, 0.2) is 131 Å². The lowest BCUT2D eigenvalue weighted by Gasteiger charge is -2.14. The number of fused-ring (bicyclic) bond motifs is 22. The molecule has 0 aliphatic carbocycles. The lowest BCUT2D eigenvalue weighted by Crippen LogP contribution is -2.29. The smallest absolute Gasteiger partial charge is 0.294 e. The van der Waals surface area contributed by atoms with Gasteiger partial charge in [-0.2, -0.15) is 16.8 Å². The van der Waals surface area contributed by atoms with Crippen LogP contribution in [0.25, 0.3) is 90.4 Å². The zero-order valence-electron chi connectivity index (χ0n) is 36.5.